The minimum atomic E-state index is -0.313. The summed E-state index contributed by atoms with van der Waals surface area (Å²) < 4.78 is 5.95. The number of ether oxygens (including phenoxy) is 1. The fraction of sp³-hybridized carbons (Fsp3) is 0.129. The molecule has 1 aliphatic heterocycles. The number of para-hydroxylation sites is 1. The Bertz CT molecular complexity index is 1410. The van der Waals surface area contributed by atoms with Crippen molar-refractivity contribution >= 4 is 29.8 Å². The van der Waals surface area contributed by atoms with Crippen molar-refractivity contribution in [3.8, 4) is 5.75 Å². The number of thioether (sulfide) groups is 1. The van der Waals surface area contributed by atoms with Crippen LogP contribution >= 0.6 is 11.8 Å². The van der Waals surface area contributed by atoms with Gasteiger partial charge in [0.25, 0.3) is 5.91 Å². The molecule has 0 spiro atoms. The first-order valence-electron chi connectivity index (χ1n) is 12.3. The van der Waals surface area contributed by atoms with E-state index in [1.165, 1.54) is 0 Å². The Labute approximate surface area is 226 Å². The van der Waals surface area contributed by atoms with Crippen LogP contribution in [-0.4, -0.2) is 28.7 Å². The van der Waals surface area contributed by atoms with Crippen molar-refractivity contribution in [3.05, 3.63) is 137 Å². The van der Waals surface area contributed by atoms with E-state index < -0.39 is 0 Å². The second kappa shape index (κ2) is 12.3. The molecule has 0 aliphatic carbocycles. The predicted molar refractivity (Wildman–Crippen MR) is 151 cm³/mol. The summed E-state index contributed by atoms with van der Waals surface area (Å²) in [6, 6.07) is 34.8. The highest BCUT2D eigenvalue weighted by atomic mass is 32.2. The fourth-order valence-corrected chi connectivity index (χ4v) is 5.35. The lowest BCUT2D eigenvalue weighted by Crippen LogP contribution is -2.27. The highest BCUT2D eigenvalue weighted by Crippen LogP contribution is 2.39. The van der Waals surface area contributed by atoms with Gasteiger partial charge >= 0.3 is 0 Å². The smallest absolute Gasteiger partial charge is 0.271 e. The van der Waals surface area contributed by atoms with E-state index in [0.29, 0.717) is 30.2 Å². The molecule has 4 aromatic carbocycles. The highest BCUT2D eigenvalue weighted by Gasteiger charge is 2.32. The summed E-state index contributed by atoms with van der Waals surface area (Å²) in [4.78, 5) is 27.1. The van der Waals surface area contributed by atoms with Crippen molar-refractivity contribution in [1.82, 2.24) is 10.3 Å². The Morgan fingerprint density at radius 2 is 1.55 bits per heavy atom. The Morgan fingerprint density at radius 1 is 0.895 bits per heavy atom. The number of carbonyl (C=O) groups excluding carboxylic acids is 2. The SMILES string of the molecule is O=C(N/N=C\c1ccccc1OCc1ccccc1)c1ccc([C@H]2SCC(=O)N2Cc2ccccc2)cc1. The van der Waals surface area contributed by atoms with E-state index in [1.54, 1.807) is 30.1 Å². The van der Waals surface area contributed by atoms with Gasteiger partial charge in [-0.25, -0.2) is 5.43 Å². The van der Waals surface area contributed by atoms with Gasteiger partial charge in [-0.1, -0.05) is 84.9 Å². The zero-order chi connectivity index (χ0) is 26.2. The number of hydrogen-bond donors (Lipinski definition) is 1. The highest BCUT2D eigenvalue weighted by molar-refractivity contribution is 8.00. The zero-order valence-electron chi connectivity index (χ0n) is 20.7. The fourth-order valence-electron chi connectivity index (χ4n) is 4.16. The number of amides is 2. The van der Waals surface area contributed by atoms with Crippen molar-refractivity contribution in [3.63, 3.8) is 0 Å². The van der Waals surface area contributed by atoms with Gasteiger partial charge in [0.1, 0.15) is 17.7 Å². The van der Waals surface area contributed by atoms with Gasteiger partial charge in [0, 0.05) is 17.7 Å². The Balaban J connectivity index is 1.20. The number of nitrogens with zero attached hydrogens (tertiary/aromatic N) is 2. The molecular formula is C31H27N3O3S. The van der Waals surface area contributed by atoms with Crippen molar-refractivity contribution < 1.29 is 14.3 Å². The van der Waals surface area contributed by atoms with Crippen molar-refractivity contribution in [2.75, 3.05) is 5.75 Å². The molecule has 1 atom stereocenters. The number of benzene rings is 4. The van der Waals surface area contributed by atoms with Gasteiger partial charge in [-0.15, -0.1) is 11.8 Å². The average molecular weight is 522 g/mol. The topological polar surface area (TPSA) is 71.0 Å². The maximum absolute atomic E-state index is 12.7. The molecule has 7 heteroatoms. The van der Waals surface area contributed by atoms with E-state index in [-0.39, 0.29) is 17.2 Å². The van der Waals surface area contributed by atoms with Crippen LogP contribution in [0.4, 0.5) is 0 Å². The molecule has 6 nitrogen and oxygen atoms in total. The van der Waals surface area contributed by atoms with Gasteiger partial charge in [0.15, 0.2) is 0 Å². The van der Waals surface area contributed by atoms with Crippen molar-refractivity contribution in [2.45, 2.75) is 18.5 Å². The monoisotopic (exact) mass is 521 g/mol. The minimum Gasteiger partial charge on any atom is -0.488 e. The maximum Gasteiger partial charge on any atom is 0.271 e. The summed E-state index contributed by atoms with van der Waals surface area (Å²) >= 11 is 1.60. The van der Waals surface area contributed by atoms with Gasteiger partial charge in [0.2, 0.25) is 5.91 Å². The van der Waals surface area contributed by atoms with Gasteiger partial charge in [0.05, 0.1) is 12.0 Å². The molecule has 4 aromatic rings. The van der Waals surface area contributed by atoms with E-state index in [0.717, 1.165) is 22.3 Å². The van der Waals surface area contributed by atoms with E-state index >= 15 is 0 Å². The van der Waals surface area contributed by atoms with Crippen LogP contribution in [0.25, 0.3) is 0 Å². The first-order chi connectivity index (χ1) is 18.7. The number of nitrogens with one attached hydrogen (secondary N) is 1. The molecule has 1 heterocycles. The quantitative estimate of drug-likeness (QED) is 0.223. The van der Waals surface area contributed by atoms with Crippen LogP contribution in [-0.2, 0) is 17.9 Å². The molecule has 1 aliphatic rings. The summed E-state index contributed by atoms with van der Waals surface area (Å²) in [6.07, 6.45) is 1.58. The van der Waals surface area contributed by atoms with Crippen LogP contribution in [0.15, 0.2) is 114 Å². The van der Waals surface area contributed by atoms with Crippen LogP contribution < -0.4 is 10.2 Å². The normalized spacial score (nSPS) is 15.1. The third-order valence-corrected chi connectivity index (χ3v) is 7.40. The molecule has 1 saturated heterocycles. The number of carbonyl (C=O) groups is 2. The third-order valence-electron chi connectivity index (χ3n) is 6.15. The number of rotatable bonds is 9. The molecule has 0 saturated carbocycles. The Kier molecular flexibility index (Phi) is 8.16. The molecule has 1 N–H and O–H groups in total. The predicted octanol–water partition coefficient (Wildman–Crippen LogP) is 5.80. The van der Waals surface area contributed by atoms with Crippen LogP contribution in [0.1, 0.15) is 38.0 Å². The number of hydrogen-bond acceptors (Lipinski definition) is 5. The summed E-state index contributed by atoms with van der Waals surface area (Å²) in [5.41, 5.74) is 6.99. The zero-order valence-corrected chi connectivity index (χ0v) is 21.5. The van der Waals surface area contributed by atoms with E-state index in [2.05, 4.69) is 10.5 Å². The van der Waals surface area contributed by atoms with E-state index in [1.807, 2.05) is 102 Å². The Morgan fingerprint density at radius 3 is 2.29 bits per heavy atom. The second-order valence-corrected chi connectivity index (χ2v) is 9.87. The van der Waals surface area contributed by atoms with Gasteiger partial charge < -0.3 is 9.64 Å². The molecule has 190 valence electrons. The lowest BCUT2D eigenvalue weighted by molar-refractivity contribution is -0.128. The van der Waals surface area contributed by atoms with Crippen molar-refractivity contribution in [1.29, 1.82) is 0 Å². The van der Waals surface area contributed by atoms with E-state index in [9.17, 15) is 9.59 Å². The minimum absolute atomic E-state index is 0.0785. The molecule has 2 amide bonds. The molecule has 0 radical (unpaired) electrons. The molecule has 5 rings (SSSR count). The molecule has 0 unspecified atom stereocenters. The van der Waals surface area contributed by atoms with Crippen molar-refractivity contribution in [2.24, 2.45) is 5.10 Å². The first-order valence-corrected chi connectivity index (χ1v) is 13.4. The largest absolute Gasteiger partial charge is 0.488 e. The lowest BCUT2D eigenvalue weighted by atomic mass is 10.1. The van der Waals surface area contributed by atoms with Crippen LogP contribution in [0.5, 0.6) is 5.75 Å². The van der Waals surface area contributed by atoms with Crippen LogP contribution in [0, 0.1) is 0 Å². The molecule has 0 bridgehead atoms. The number of hydrazone groups is 1. The van der Waals surface area contributed by atoms with Gasteiger partial charge in [-0.3, -0.25) is 9.59 Å². The lowest BCUT2D eigenvalue weighted by Gasteiger charge is -2.24. The van der Waals surface area contributed by atoms with Gasteiger partial charge in [-0.05, 0) is 41.0 Å². The first kappa shape index (κ1) is 25.3. The van der Waals surface area contributed by atoms with Crippen LogP contribution in [0.3, 0.4) is 0 Å². The standard InChI is InChI=1S/C31H27N3O3S/c35-29-22-38-31(34(29)20-23-9-3-1-4-10-23)26-17-15-25(16-18-26)30(36)33-32-19-27-13-7-8-14-28(27)37-21-24-11-5-2-6-12-24/h1-19,31H,20-22H2,(H,33,36)/b32-19-/t31-/m1/s1. The molecule has 38 heavy (non-hydrogen) atoms. The molecule has 1 fully saturated rings. The third kappa shape index (κ3) is 6.30. The second-order valence-electron chi connectivity index (χ2n) is 8.80. The summed E-state index contributed by atoms with van der Waals surface area (Å²) in [5.74, 6) is 0.938. The summed E-state index contributed by atoms with van der Waals surface area (Å²) in [7, 11) is 0. The summed E-state index contributed by atoms with van der Waals surface area (Å²) in [5, 5.41) is 4.06. The average Bonchev–Trinajstić information content (AvgIpc) is 3.33. The summed E-state index contributed by atoms with van der Waals surface area (Å²) in [6.45, 7) is 1.00. The van der Waals surface area contributed by atoms with Crippen LogP contribution in [0.2, 0.25) is 0 Å². The Hall–Kier alpha value is -4.36. The molecule has 0 aromatic heterocycles. The van der Waals surface area contributed by atoms with Gasteiger partial charge in [-0.2, -0.15) is 5.10 Å². The van der Waals surface area contributed by atoms with E-state index in [4.69, 9.17) is 4.74 Å². The molecular weight excluding hydrogens is 494 g/mol. The maximum atomic E-state index is 12.7.